The Labute approximate surface area is 112 Å². The van der Waals surface area contributed by atoms with Crippen molar-refractivity contribution in [2.24, 2.45) is 0 Å². The highest BCUT2D eigenvalue weighted by Crippen LogP contribution is 2.31. The monoisotopic (exact) mass is 285 g/mol. The normalized spacial score (nSPS) is 10.4. The van der Waals surface area contributed by atoms with Crippen molar-refractivity contribution in [1.82, 2.24) is 9.78 Å². The second-order valence-electron chi connectivity index (χ2n) is 3.61. The molecule has 0 aliphatic carbocycles. The molecule has 0 radical (unpaired) electrons. The van der Waals surface area contributed by atoms with E-state index in [1.165, 1.54) is 0 Å². The van der Waals surface area contributed by atoms with Crippen LogP contribution in [0.4, 0.5) is 10.1 Å². The quantitative estimate of drug-likeness (QED) is 0.625. The Morgan fingerprint density at radius 2 is 2.32 bits per heavy atom. The molecule has 0 fully saturated rings. The number of nitro benzene ring substituents is 1. The number of hydrogen-bond donors (Lipinski definition) is 0. The van der Waals surface area contributed by atoms with Crippen molar-refractivity contribution in [3.63, 3.8) is 0 Å². The molecule has 1 heterocycles. The zero-order valence-electron chi connectivity index (χ0n) is 9.62. The molecule has 0 saturated heterocycles. The Kier molecular flexibility index (Phi) is 3.96. The number of aromatic nitrogens is 2. The van der Waals surface area contributed by atoms with Crippen LogP contribution in [0.15, 0.2) is 30.6 Å². The lowest BCUT2D eigenvalue weighted by molar-refractivity contribution is -0.387. The molecule has 1 aromatic heterocycles. The van der Waals surface area contributed by atoms with Gasteiger partial charge in [0.2, 0.25) is 5.82 Å². The van der Waals surface area contributed by atoms with Crippen LogP contribution in [0.25, 0.3) is 0 Å². The Morgan fingerprint density at radius 1 is 1.53 bits per heavy atom. The van der Waals surface area contributed by atoms with Gasteiger partial charge in [0.25, 0.3) is 0 Å². The zero-order chi connectivity index (χ0) is 13.8. The van der Waals surface area contributed by atoms with Gasteiger partial charge in [-0.15, -0.1) is 0 Å². The molecule has 0 amide bonds. The van der Waals surface area contributed by atoms with Crippen molar-refractivity contribution in [1.29, 1.82) is 0 Å². The van der Waals surface area contributed by atoms with Crippen LogP contribution < -0.4 is 4.74 Å². The number of nitro groups is 1. The molecule has 0 bridgehead atoms. The fourth-order valence-corrected chi connectivity index (χ4v) is 1.66. The molecule has 100 valence electrons. The molecular formula is C11H9ClFN3O3. The van der Waals surface area contributed by atoms with Crippen molar-refractivity contribution >= 4 is 17.3 Å². The predicted octanol–water partition coefficient (Wildman–Crippen LogP) is 2.66. The second-order valence-corrected chi connectivity index (χ2v) is 4.02. The molecule has 0 aliphatic rings. The highest BCUT2D eigenvalue weighted by atomic mass is 35.5. The fourth-order valence-electron chi connectivity index (χ4n) is 1.45. The number of benzene rings is 1. The van der Waals surface area contributed by atoms with Crippen LogP contribution in [-0.2, 0) is 6.54 Å². The van der Waals surface area contributed by atoms with E-state index >= 15 is 0 Å². The van der Waals surface area contributed by atoms with E-state index in [1.54, 1.807) is 23.1 Å². The molecule has 1 aromatic carbocycles. The molecule has 19 heavy (non-hydrogen) atoms. The first kappa shape index (κ1) is 13.3. The lowest BCUT2D eigenvalue weighted by Gasteiger charge is -2.08. The van der Waals surface area contributed by atoms with Gasteiger partial charge in [-0.05, 0) is 6.07 Å². The summed E-state index contributed by atoms with van der Waals surface area (Å²) < 4.78 is 20.3. The summed E-state index contributed by atoms with van der Waals surface area (Å²) in [6, 6.07) is 3.60. The lowest BCUT2D eigenvalue weighted by Crippen LogP contribution is -2.09. The van der Waals surface area contributed by atoms with Gasteiger partial charge in [0.05, 0.1) is 16.5 Å². The van der Waals surface area contributed by atoms with E-state index in [-0.39, 0.29) is 17.4 Å². The molecule has 0 aliphatic heterocycles. The van der Waals surface area contributed by atoms with Gasteiger partial charge in [-0.2, -0.15) is 9.49 Å². The van der Waals surface area contributed by atoms with E-state index in [1.807, 2.05) is 0 Å². The fraction of sp³-hybridized carbons (Fsp3) is 0.182. The third kappa shape index (κ3) is 3.19. The summed E-state index contributed by atoms with van der Waals surface area (Å²) >= 11 is 5.79. The van der Waals surface area contributed by atoms with E-state index in [0.29, 0.717) is 6.54 Å². The second kappa shape index (κ2) is 5.66. The van der Waals surface area contributed by atoms with Crippen LogP contribution >= 0.6 is 11.6 Å². The summed E-state index contributed by atoms with van der Waals surface area (Å²) in [5.74, 6) is -0.916. The van der Waals surface area contributed by atoms with Crippen LogP contribution in [0.2, 0.25) is 5.02 Å². The average molecular weight is 286 g/mol. The maximum absolute atomic E-state index is 13.4. The van der Waals surface area contributed by atoms with Crippen molar-refractivity contribution in [3.05, 3.63) is 51.5 Å². The Morgan fingerprint density at radius 3 is 2.95 bits per heavy atom. The summed E-state index contributed by atoms with van der Waals surface area (Å²) in [5.41, 5.74) is -0.676. The molecule has 6 nitrogen and oxygen atoms in total. The number of halogens is 2. The standard InChI is InChI=1S/C11H9ClFN3O3/c12-8-6-10(16(17)18)9(13)7-11(8)19-5-4-15-3-1-2-14-15/h1-3,6-7H,4-5H2. The van der Waals surface area contributed by atoms with Gasteiger partial charge >= 0.3 is 5.69 Å². The first-order valence-electron chi connectivity index (χ1n) is 5.31. The van der Waals surface area contributed by atoms with E-state index in [0.717, 1.165) is 12.1 Å². The van der Waals surface area contributed by atoms with Crippen LogP contribution in [0.5, 0.6) is 5.75 Å². The van der Waals surface area contributed by atoms with Gasteiger partial charge < -0.3 is 4.74 Å². The SMILES string of the molecule is O=[N+]([O-])c1cc(Cl)c(OCCn2cccn2)cc1F. The van der Waals surface area contributed by atoms with Crippen LogP contribution in [0.3, 0.4) is 0 Å². The first-order chi connectivity index (χ1) is 9.08. The number of hydrogen-bond acceptors (Lipinski definition) is 4. The van der Waals surface area contributed by atoms with Crippen molar-refractivity contribution in [3.8, 4) is 5.75 Å². The average Bonchev–Trinajstić information content (AvgIpc) is 2.85. The minimum Gasteiger partial charge on any atom is -0.490 e. The molecule has 8 heteroatoms. The minimum absolute atomic E-state index is 0.00596. The van der Waals surface area contributed by atoms with Crippen LogP contribution in [0.1, 0.15) is 0 Å². The first-order valence-corrected chi connectivity index (χ1v) is 5.69. The largest absolute Gasteiger partial charge is 0.490 e. The summed E-state index contributed by atoms with van der Waals surface area (Å²) in [4.78, 5) is 9.67. The maximum atomic E-state index is 13.4. The Hall–Kier alpha value is -2.15. The molecule has 2 aromatic rings. The topological polar surface area (TPSA) is 70.2 Å². The molecule has 0 atom stereocenters. The van der Waals surface area contributed by atoms with Crippen molar-refractivity contribution in [2.45, 2.75) is 6.54 Å². The zero-order valence-corrected chi connectivity index (χ0v) is 10.4. The van der Waals surface area contributed by atoms with Gasteiger partial charge in [-0.1, -0.05) is 11.6 Å². The van der Waals surface area contributed by atoms with Gasteiger partial charge in [0.1, 0.15) is 12.4 Å². The highest BCUT2D eigenvalue weighted by Gasteiger charge is 2.18. The maximum Gasteiger partial charge on any atom is 0.306 e. The van der Waals surface area contributed by atoms with E-state index in [4.69, 9.17) is 16.3 Å². The smallest absolute Gasteiger partial charge is 0.306 e. The minimum atomic E-state index is -0.983. The van der Waals surface area contributed by atoms with Gasteiger partial charge in [0, 0.05) is 24.5 Å². The van der Waals surface area contributed by atoms with Crippen LogP contribution in [0, 0.1) is 15.9 Å². The predicted molar refractivity (Wildman–Crippen MR) is 65.8 cm³/mol. The number of nitrogens with zero attached hydrogens (tertiary/aromatic N) is 3. The Balaban J connectivity index is 2.04. The van der Waals surface area contributed by atoms with Crippen molar-refractivity contribution < 1.29 is 14.1 Å². The summed E-state index contributed by atoms with van der Waals surface area (Å²) in [6.45, 7) is 0.681. The lowest BCUT2D eigenvalue weighted by atomic mass is 10.3. The molecule has 0 unspecified atom stereocenters. The highest BCUT2D eigenvalue weighted by molar-refractivity contribution is 6.32. The van der Waals surface area contributed by atoms with Crippen molar-refractivity contribution in [2.75, 3.05) is 6.61 Å². The molecule has 0 N–H and O–H groups in total. The summed E-state index contributed by atoms with van der Waals surface area (Å²) in [6.07, 6.45) is 3.37. The number of ether oxygens (including phenoxy) is 1. The third-order valence-corrected chi connectivity index (χ3v) is 2.63. The summed E-state index contributed by atoms with van der Waals surface area (Å²) in [5, 5.41) is 14.5. The molecule has 0 spiro atoms. The van der Waals surface area contributed by atoms with E-state index in [9.17, 15) is 14.5 Å². The van der Waals surface area contributed by atoms with E-state index in [2.05, 4.69) is 5.10 Å². The van der Waals surface area contributed by atoms with Gasteiger partial charge in [-0.3, -0.25) is 14.8 Å². The summed E-state index contributed by atoms with van der Waals surface area (Å²) in [7, 11) is 0. The Bertz CT molecular complexity index is 589. The van der Waals surface area contributed by atoms with Gasteiger partial charge in [-0.25, -0.2) is 0 Å². The number of rotatable bonds is 5. The van der Waals surface area contributed by atoms with E-state index < -0.39 is 16.4 Å². The third-order valence-electron chi connectivity index (χ3n) is 2.34. The molecular weight excluding hydrogens is 277 g/mol. The van der Waals surface area contributed by atoms with Crippen LogP contribution in [-0.4, -0.2) is 21.3 Å². The van der Waals surface area contributed by atoms with Gasteiger partial charge in [0.15, 0.2) is 0 Å². The molecule has 2 rings (SSSR count). The molecule has 0 saturated carbocycles.